The van der Waals surface area contributed by atoms with Gasteiger partial charge in [-0.2, -0.15) is 0 Å². The van der Waals surface area contributed by atoms with E-state index in [-0.39, 0.29) is 22.7 Å². The van der Waals surface area contributed by atoms with Gasteiger partial charge < -0.3 is 10.2 Å². The number of benzene rings is 2. The number of phenols is 2. The summed E-state index contributed by atoms with van der Waals surface area (Å²) < 4.78 is 0. The zero-order valence-electron chi connectivity index (χ0n) is 12.9. The number of hydrogen-bond donors (Lipinski definition) is 2. The number of non-ortho nitro benzene ring substituents is 1. The molecule has 0 aromatic heterocycles. The molecular weight excluding hydrogens is 296 g/mol. The Hall–Kier alpha value is -2.89. The molecule has 0 heterocycles. The van der Waals surface area contributed by atoms with Crippen molar-refractivity contribution in [1.29, 1.82) is 0 Å². The molecule has 0 amide bonds. The van der Waals surface area contributed by atoms with E-state index in [0.29, 0.717) is 11.6 Å². The number of rotatable bonds is 5. The first-order chi connectivity index (χ1) is 10.9. The van der Waals surface area contributed by atoms with Crippen molar-refractivity contribution in [3.8, 4) is 11.5 Å². The molecule has 0 aliphatic rings. The molecule has 6 nitrogen and oxygen atoms in total. The monoisotopic (exact) mass is 314 g/mol. The van der Waals surface area contributed by atoms with Gasteiger partial charge in [-0.1, -0.05) is 19.9 Å². The Morgan fingerprint density at radius 1 is 1.22 bits per heavy atom. The Balaban J connectivity index is 2.37. The van der Waals surface area contributed by atoms with Gasteiger partial charge in [0.2, 0.25) is 0 Å². The zero-order chi connectivity index (χ0) is 17.0. The summed E-state index contributed by atoms with van der Waals surface area (Å²) in [5.41, 5.74) is 1.48. The average molecular weight is 314 g/mol. The smallest absolute Gasteiger partial charge is 0.270 e. The Labute approximate surface area is 133 Å². The minimum Gasteiger partial charge on any atom is -0.507 e. The average Bonchev–Trinajstić information content (AvgIpc) is 2.54. The number of nitro benzene ring substituents is 1. The molecule has 0 bridgehead atoms. The maximum absolute atomic E-state index is 10.8. The van der Waals surface area contributed by atoms with Gasteiger partial charge in [-0.3, -0.25) is 15.1 Å². The third-order valence-corrected chi connectivity index (χ3v) is 3.75. The van der Waals surface area contributed by atoms with E-state index in [1.54, 1.807) is 12.1 Å². The summed E-state index contributed by atoms with van der Waals surface area (Å²) >= 11 is 0. The van der Waals surface area contributed by atoms with E-state index in [1.165, 1.54) is 24.4 Å². The van der Waals surface area contributed by atoms with E-state index in [4.69, 9.17) is 0 Å². The van der Waals surface area contributed by atoms with E-state index >= 15 is 0 Å². The van der Waals surface area contributed by atoms with Crippen LogP contribution in [0.1, 0.15) is 37.3 Å². The Morgan fingerprint density at radius 3 is 2.57 bits per heavy atom. The van der Waals surface area contributed by atoms with Crippen LogP contribution in [0, 0.1) is 10.1 Å². The first-order valence-electron chi connectivity index (χ1n) is 7.26. The van der Waals surface area contributed by atoms with Gasteiger partial charge in [0.1, 0.15) is 17.2 Å². The molecule has 2 aromatic rings. The van der Waals surface area contributed by atoms with Crippen molar-refractivity contribution < 1.29 is 15.1 Å². The van der Waals surface area contributed by atoms with Crippen molar-refractivity contribution in [3.05, 3.63) is 57.6 Å². The fraction of sp³-hybridized carbons (Fsp3) is 0.235. The maximum Gasteiger partial charge on any atom is 0.270 e. The van der Waals surface area contributed by atoms with Crippen molar-refractivity contribution in [2.75, 3.05) is 0 Å². The van der Waals surface area contributed by atoms with Crippen LogP contribution >= 0.6 is 0 Å². The molecule has 0 unspecified atom stereocenters. The molecule has 0 spiro atoms. The molecule has 0 saturated heterocycles. The van der Waals surface area contributed by atoms with Crippen molar-refractivity contribution in [2.45, 2.75) is 26.2 Å². The quantitative estimate of drug-likeness (QED) is 0.489. The first kappa shape index (κ1) is 16.5. The molecule has 120 valence electrons. The van der Waals surface area contributed by atoms with E-state index in [9.17, 15) is 20.3 Å². The Kier molecular flexibility index (Phi) is 4.95. The summed E-state index contributed by atoms with van der Waals surface area (Å²) in [6.07, 6.45) is 2.26. The molecular formula is C17H18N2O4. The molecule has 23 heavy (non-hydrogen) atoms. The summed E-state index contributed by atoms with van der Waals surface area (Å²) in [6.45, 7) is 4.15. The number of aromatic hydroxyl groups is 2. The maximum atomic E-state index is 10.8. The van der Waals surface area contributed by atoms with Crippen molar-refractivity contribution >= 4 is 17.6 Å². The van der Waals surface area contributed by atoms with Gasteiger partial charge in [-0.25, -0.2) is 0 Å². The van der Waals surface area contributed by atoms with Crippen molar-refractivity contribution in [1.82, 2.24) is 0 Å². The Bertz CT molecular complexity index is 756. The van der Waals surface area contributed by atoms with Gasteiger partial charge >= 0.3 is 0 Å². The second-order valence-corrected chi connectivity index (χ2v) is 5.32. The molecule has 0 fully saturated rings. The zero-order valence-corrected chi connectivity index (χ0v) is 12.9. The van der Waals surface area contributed by atoms with Crippen LogP contribution in [0.25, 0.3) is 0 Å². The number of hydrogen-bond acceptors (Lipinski definition) is 5. The van der Waals surface area contributed by atoms with Crippen LogP contribution in [-0.2, 0) is 0 Å². The van der Waals surface area contributed by atoms with Crippen molar-refractivity contribution in [2.24, 2.45) is 4.99 Å². The summed E-state index contributed by atoms with van der Waals surface area (Å²) in [5.74, 6) is 0.228. The van der Waals surface area contributed by atoms with Crippen LogP contribution in [0.4, 0.5) is 11.4 Å². The van der Waals surface area contributed by atoms with Gasteiger partial charge in [-0.05, 0) is 36.1 Å². The SMILES string of the molecule is CC[C@H](C)c1ccc(O)c(N=Cc2cc([N+](=O)[O-])ccc2O)c1. The molecule has 0 aliphatic carbocycles. The largest absolute Gasteiger partial charge is 0.507 e. The lowest BCUT2D eigenvalue weighted by Crippen LogP contribution is -1.91. The number of nitro groups is 1. The molecule has 0 radical (unpaired) electrons. The van der Waals surface area contributed by atoms with E-state index < -0.39 is 4.92 Å². The van der Waals surface area contributed by atoms with Crippen LogP contribution < -0.4 is 0 Å². The second kappa shape index (κ2) is 6.91. The molecule has 0 saturated carbocycles. The highest BCUT2D eigenvalue weighted by molar-refractivity contribution is 5.86. The summed E-state index contributed by atoms with van der Waals surface area (Å²) in [5, 5.41) is 30.4. The summed E-state index contributed by atoms with van der Waals surface area (Å²) in [7, 11) is 0. The van der Waals surface area contributed by atoms with Crippen molar-refractivity contribution in [3.63, 3.8) is 0 Å². The van der Waals surface area contributed by atoms with Gasteiger partial charge in [-0.15, -0.1) is 0 Å². The molecule has 2 N–H and O–H groups in total. The predicted octanol–water partition coefficient (Wildman–Crippen LogP) is 4.27. The topological polar surface area (TPSA) is 96.0 Å². The highest BCUT2D eigenvalue weighted by atomic mass is 16.6. The van der Waals surface area contributed by atoms with Crippen LogP contribution in [0.2, 0.25) is 0 Å². The standard InChI is InChI=1S/C17H18N2O4/c1-3-11(2)12-4-6-17(21)15(9-12)18-10-13-8-14(19(22)23)5-7-16(13)20/h4-11,20-21H,3H2,1-2H3/t11-/m0/s1. The molecule has 1 atom stereocenters. The van der Waals surface area contributed by atoms with Gasteiger partial charge in [0.25, 0.3) is 5.69 Å². The van der Waals surface area contributed by atoms with E-state index in [0.717, 1.165) is 12.0 Å². The molecule has 2 rings (SSSR count). The minimum atomic E-state index is -0.544. The van der Waals surface area contributed by atoms with Gasteiger partial charge in [0, 0.05) is 23.9 Å². The van der Waals surface area contributed by atoms with Gasteiger partial charge in [0.15, 0.2) is 0 Å². The Morgan fingerprint density at radius 2 is 1.91 bits per heavy atom. The molecule has 0 aliphatic heterocycles. The van der Waals surface area contributed by atoms with E-state index in [2.05, 4.69) is 18.8 Å². The van der Waals surface area contributed by atoms with Crippen LogP contribution in [-0.4, -0.2) is 21.4 Å². The highest BCUT2D eigenvalue weighted by Gasteiger charge is 2.10. The lowest BCUT2D eigenvalue weighted by molar-refractivity contribution is -0.384. The second-order valence-electron chi connectivity index (χ2n) is 5.32. The number of phenolic OH excluding ortho intramolecular Hbond substituents is 2. The third-order valence-electron chi connectivity index (χ3n) is 3.75. The lowest BCUT2D eigenvalue weighted by Gasteiger charge is -2.10. The van der Waals surface area contributed by atoms with E-state index in [1.807, 2.05) is 6.07 Å². The number of aliphatic imine (C=N–C) groups is 1. The fourth-order valence-corrected chi connectivity index (χ4v) is 2.08. The predicted molar refractivity (Wildman–Crippen MR) is 88.8 cm³/mol. The highest BCUT2D eigenvalue weighted by Crippen LogP contribution is 2.31. The first-order valence-corrected chi connectivity index (χ1v) is 7.26. The van der Waals surface area contributed by atoms with Crippen LogP contribution in [0.3, 0.4) is 0 Å². The molecule has 6 heteroatoms. The number of nitrogens with zero attached hydrogens (tertiary/aromatic N) is 2. The van der Waals surface area contributed by atoms with Crippen LogP contribution in [0.15, 0.2) is 41.4 Å². The van der Waals surface area contributed by atoms with Crippen LogP contribution in [0.5, 0.6) is 11.5 Å². The summed E-state index contributed by atoms with van der Waals surface area (Å²) in [4.78, 5) is 14.4. The lowest BCUT2D eigenvalue weighted by atomic mass is 9.98. The summed E-state index contributed by atoms with van der Waals surface area (Å²) in [6, 6.07) is 8.88. The molecule has 2 aromatic carbocycles. The fourth-order valence-electron chi connectivity index (χ4n) is 2.08. The van der Waals surface area contributed by atoms with Gasteiger partial charge in [0.05, 0.1) is 4.92 Å². The normalized spacial score (nSPS) is 12.4. The third kappa shape index (κ3) is 3.85. The minimum absolute atomic E-state index is 0.0122.